The molecule has 0 spiro atoms. The van der Waals surface area contributed by atoms with Crippen LogP contribution < -0.4 is 5.32 Å². The van der Waals surface area contributed by atoms with Crippen molar-refractivity contribution >= 4 is 5.91 Å². The van der Waals surface area contributed by atoms with Gasteiger partial charge in [-0.15, -0.1) is 0 Å². The van der Waals surface area contributed by atoms with Crippen LogP contribution in [0.3, 0.4) is 0 Å². The van der Waals surface area contributed by atoms with Crippen molar-refractivity contribution in [1.29, 1.82) is 0 Å². The molecular formula is C14H28N2O. The third-order valence-electron chi connectivity index (χ3n) is 3.38. The first-order valence-corrected chi connectivity index (χ1v) is 7.03. The summed E-state index contributed by atoms with van der Waals surface area (Å²) in [6.45, 7) is 11.4. The highest BCUT2D eigenvalue weighted by molar-refractivity contribution is 5.78. The van der Waals surface area contributed by atoms with Gasteiger partial charge in [0.2, 0.25) is 5.91 Å². The van der Waals surface area contributed by atoms with E-state index in [0.717, 1.165) is 32.0 Å². The Morgan fingerprint density at radius 3 is 2.65 bits per heavy atom. The molecule has 3 heteroatoms. The van der Waals surface area contributed by atoms with E-state index in [1.54, 1.807) is 0 Å². The first kappa shape index (κ1) is 14.5. The molecule has 0 saturated carbocycles. The van der Waals surface area contributed by atoms with Crippen LogP contribution in [0.25, 0.3) is 0 Å². The molecule has 1 saturated heterocycles. The van der Waals surface area contributed by atoms with Crippen molar-refractivity contribution in [3.63, 3.8) is 0 Å². The van der Waals surface area contributed by atoms with Gasteiger partial charge in [-0.25, -0.2) is 0 Å². The van der Waals surface area contributed by atoms with Gasteiger partial charge >= 0.3 is 0 Å². The van der Waals surface area contributed by atoms with Crippen molar-refractivity contribution in [3.8, 4) is 0 Å². The quantitative estimate of drug-likeness (QED) is 0.799. The number of hydrogen-bond acceptors (Lipinski definition) is 2. The molecule has 1 atom stereocenters. The predicted octanol–water partition coefficient (Wildman–Crippen LogP) is 2.27. The SMILES string of the molecule is CC(C)CCNC1CCCN(C(=O)C(C)C)C1. The topological polar surface area (TPSA) is 32.3 Å². The molecule has 0 aromatic rings. The molecule has 1 aliphatic rings. The molecule has 3 nitrogen and oxygen atoms in total. The van der Waals surface area contributed by atoms with Gasteiger partial charge in [0.05, 0.1) is 0 Å². The van der Waals surface area contributed by atoms with Gasteiger partial charge in [0.15, 0.2) is 0 Å². The van der Waals surface area contributed by atoms with Gasteiger partial charge in [-0.1, -0.05) is 27.7 Å². The van der Waals surface area contributed by atoms with E-state index in [4.69, 9.17) is 0 Å². The van der Waals surface area contributed by atoms with Crippen LogP contribution in [-0.2, 0) is 4.79 Å². The summed E-state index contributed by atoms with van der Waals surface area (Å²) in [5.74, 6) is 1.18. The summed E-state index contributed by atoms with van der Waals surface area (Å²) in [5, 5.41) is 3.58. The monoisotopic (exact) mass is 240 g/mol. The molecule has 17 heavy (non-hydrogen) atoms. The minimum Gasteiger partial charge on any atom is -0.341 e. The van der Waals surface area contributed by atoms with Crippen LogP contribution in [0.1, 0.15) is 47.0 Å². The van der Waals surface area contributed by atoms with Crippen LogP contribution in [-0.4, -0.2) is 36.5 Å². The Kier molecular flexibility index (Phi) is 5.96. The largest absolute Gasteiger partial charge is 0.341 e. The van der Waals surface area contributed by atoms with E-state index in [0.29, 0.717) is 11.9 Å². The van der Waals surface area contributed by atoms with Crippen LogP contribution in [0.4, 0.5) is 0 Å². The molecule has 0 aliphatic carbocycles. The van der Waals surface area contributed by atoms with E-state index in [1.165, 1.54) is 12.8 Å². The number of nitrogens with zero attached hydrogens (tertiary/aromatic N) is 1. The maximum absolute atomic E-state index is 11.9. The van der Waals surface area contributed by atoms with Gasteiger partial charge in [0.25, 0.3) is 0 Å². The molecule has 100 valence electrons. The van der Waals surface area contributed by atoms with E-state index in [1.807, 2.05) is 18.7 Å². The average molecular weight is 240 g/mol. The van der Waals surface area contributed by atoms with Gasteiger partial charge in [0.1, 0.15) is 0 Å². The molecule has 0 aromatic heterocycles. The van der Waals surface area contributed by atoms with Crippen molar-refractivity contribution in [2.45, 2.75) is 53.0 Å². The smallest absolute Gasteiger partial charge is 0.225 e. The van der Waals surface area contributed by atoms with Gasteiger partial charge in [-0.2, -0.15) is 0 Å². The fourth-order valence-corrected chi connectivity index (χ4v) is 2.29. The van der Waals surface area contributed by atoms with Crippen molar-refractivity contribution in [2.75, 3.05) is 19.6 Å². The van der Waals surface area contributed by atoms with Crippen molar-refractivity contribution in [3.05, 3.63) is 0 Å². The summed E-state index contributed by atoms with van der Waals surface area (Å²) in [4.78, 5) is 14.0. The lowest BCUT2D eigenvalue weighted by Gasteiger charge is -2.34. The van der Waals surface area contributed by atoms with Crippen LogP contribution in [0.15, 0.2) is 0 Å². The number of hydrogen-bond donors (Lipinski definition) is 1. The summed E-state index contributed by atoms with van der Waals surface area (Å²) >= 11 is 0. The zero-order valence-electron chi connectivity index (χ0n) is 11.8. The first-order valence-electron chi connectivity index (χ1n) is 7.03. The third-order valence-corrected chi connectivity index (χ3v) is 3.38. The standard InChI is InChI=1S/C14H28N2O/c1-11(2)7-8-15-13-6-5-9-16(10-13)14(17)12(3)4/h11-13,15H,5-10H2,1-4H3. The number of nitrogens with one attached hydrogen (secondary N) is 1. The molecule has 1 aliphatic heterocycles. The normalized spacial score (nSPS) is 21.3. The fourth-order valence-electron chi connectivity index (χ4n) is 2.29. The molecule has 1 heterocycles. The molecule has 1 rings (SSSR count). The second kappa shape index (κ2) is 7.00. The van der Waals surface area contributed by atoms with Gasteiger partial charge < -0.3 is 10.2 Å². The van der Waals surface area contributed by atoms with Gasteiger partial charge in [-0.05, 0) is 31.7 Å². The average Bonchev–Trinajstić information content (AvgIpc) is 2.28. The summed E-state index contributed by atoms with van der Waals surface area (Å²) in [6.07, 6.45) is 3.56. The highest BCUT2D eigenvalue weighted by Gasteiger charge is 2.24. The second-order valence-corrected chi connectivity index (χ2v) is 5.91. The van der Waals surface area contributed by atoms with Crippen LogP contribution in [0.2, 0.25) is 0 Å². The van der Waals surface area contributed by atoms with Gasteiger partial charge in [-0.3, -0.25) is 4.79 Å². The molecule has 0 aromatic carbocycles. The molecular weight excluding hydrogens is 212 g/mol. The summed E-state index contributed by atoms with van der Waals surface area (Å²) in [5.41, 5.74) is 0. The Balaban J connectivity index is 2.31. The van der Waals surface area contributed by atoms with Crippen LogP contribution in [0, 0.1) is 11.8 Å². The summed E-state index contributed by atoms with van der Waals surface area (Å²) in [6, 6.07) is 0.505. The lowest BCUT2D eigenvalue weighted by Crippen LogP contribution is -2.49. The highest BCUT2D eigenvalue weighted by Crippen LogP contribution is 2.13. The summed E-state index contributed by atoms with van der Waals surface area (Å²) in [7, 11) is 0. The van der Waals surface area contributed by atoms with E-state index in [-0.39, 0.29) is 5.92 Å². The molecule has 0 bridgehead atoms. The lowest BCUT2D eigenvalue weighted by atomic mass is 10.0. The molecule has 0 radical (unpaired) electrons. The van der Waals surface area contributed by atoms with Crippen molar-refractivity contribution in [2.24, 2.45) is 11.8 Å². The Labute approximate surface area is 106 Å². The minimum absolute atomic E-state index is 0.129. The zero-order valence-corrected chi connectivity index (χ0v) is 11.8. The number of carbonyl (C=O) groups excluding carboxylic acids is 1. The zero-order chi connectivity index (χ0) is 12.8. The maximum atomic E-state index is 11.9. The van der Waals surface area contributed by atoms with Crippen molar-refractivity contribution < 1.29 is 4.79 Å². The number of carbonyl (C=O) groups is 1. The Hall–Kier alpha value is -0.570. The second-order valence-electron chi connectivity index (χ2n) is 5.91. The summed E-state index contributed by atoms with van der Waals surface area (Å²) < 4.78 is 0. The fraction of sp³-hybridized carbons (Fsp3) is 0.929. The molecule has 1 fully saturated rings. The lowest BCUT2D eigenvalue weighted by molar-refractivity contribution is -0.135. The van der Waals surface area contributed by atoms with E-state index in [2.05, 4.69) is 19.2 Å². The number of likely N-dealkylation sites (tertiary alicyclic amines) is 1. The molecule has 1 N–H and O–H groups in total. The van der Waals surface area contributed by atoms with E-state index < -0.39 is 0 Å². The Morgan fingerprint density at radius 2 is 2.06 bits per heavy atom. The van der Waals surface area contributed by atoms with Crippen LogP contribution >= 0.6 is 0 Å². The van der Waals surface area contributed by atoms with E-state index >= 15 is 0 Å². The Bertz CT molecular complexity index is 238. The number of piperidine rings is 1. The third kappa shape index (κ3) is 5.07. The van der Waals surface area contributed by atoms with Crippen LogP contribution in [0.5, 0.6) is 0 Å². The number of amides is 1. The highest BCUT2D eigenvalue weighted by atomic mass is 16.2. The first-order chi connectivity index (χ1) is 8.00. The molecule has 1 unspecified atom stereocenters. The van der Waals surface area contributed by atoms with Gasteiger partial charge in [0, 0.05) is 25.0 Å². The maximum Gasteiger partial charge on any atom is 0.225 e. The minimum atomic E-state index is 0.129. The van der Waals surface area contributed by atoms with E-state index in [9.17, 15) is 4.79 Å². The molecule has 1 amide bonds. The number of rotatable bonds is 5. The Morgan fingerprint density at radius 1 is 1.35 bits per heavy atom. The predicted molar refractivity (Wildman–Crippen MR) is 71.9 cm³/mol. The van der Waals surface area contributed by atoms with Crippen molar-refractivity contribution in [1.82, 2.24) is 10.2 Å².